The lowest BCUT2D eigenvalue weighted by molar-refractivity contribution is -0.161. The predicted octanol–water partition coefficient (Wildman–Crippen LogP) is 2.48. The van der Waals surface area contributed by atoms with Crippen LogP contribution in [-0.2, 0) is 16.0 Å². The van der Waals surface area contributed by atoms with E-state index in [0.717, 1.165) is 16.8 Å². The third kappa shape index (κ3) is 4.65. The second-order valence-corrected chi connectivity index (χ2v) is 6.80. The maximum Gasteiger partial charge on any atom is 0.192 e. The number of ketones is 1. The predicted molar refractivity (Wildman–Crippen MR) is 100.0 cm³/mol. The average Bonchev–Trinajstić information content (AvgIpc) is 2.67. The van der Waals surface area contributed by atoms with Gasteiger partial charge in [-0.2, -0.15) is 0 Å². The molecule has 2 heterocycles. The third-order valence-corrected chi connectivity index (χ3v) is 4.87. The molecule has 6 nitrogen and oxygen atoms in total. The van der Waals surface area contributed by atoms with Crippen molar-refractivity contribution in [3.63, 3.8) is 0 Å². The number of pyridine rings is 1. The highest BCUT2D eigenvalue weighted by molar-refractivity contribution is 6.31. The number of hydrogen-bond acceptors (Lipinski definition) is 6. The largest absolute Gasteiger partial charge is 0.492 e. The van der Waals surface area contributed by atoms with Crippen molar-refractivity contribution in [1.29, 1.82) is 0 Å². The first-order valence-electron chi connectivity index (χ1n) is 8.86. The number of aliphatic hydroxyl groups excluding tert-OH is 2. The molecule has 7 heteroatoms. The molecule has 3 rings (SSSR count). The van der Waals surface area contributed by atoms with Crippen molar-refractivity contribution in [3.8, 4) is 5.75 Å². The van der Waals surface area contributed by atoms with Crippen molar-refractivity contribution < 1.29 is 24.5 Å². The molecule has 3 atom stereocenters. The number of benzene rings is 1. The van der Waals surface area contributed by atoms with Crippen LogP contribution >= 0.6 is 11.6 Å². The minimum atomic E-state index is -1.15. The molecule has 27 heavy (non-hydrogen) atoms. The van der Waals surface area contributed by atoms with Gasteiger partial charge in [0.2, 0.25) is 0 Å². The van der Waals surface area contributed by atoms with Crippen LogP contribution in [0.1, 0.15) is 36.3 Å². The maximum atomic E-state index is 11.8. The summed E-state index contributed by atoms with van der Waals surface area (Å²) in [5.41, 5.74) is 2.50. The van der Waals surface area contributed by atoms with Gasteiger partial charge in [-0.05, 0) is 36.2 Å². The molecule has 1 aromatic carbocycles. The second kappa shape index (κ2) is 8.80. The minimum Gasteiger partial charge on any atom is -0.492 e. The van der Waals surface area contributed by atoms with Crippen molar-refractivity contribution in [3.05, 3.63) is 58.4 Å². The summed E-state index contributed by atoms with van der Waals surface area (Å²) >= 11 is 6.34. The Balaban J connectivity index is 1.79. The van der Waals surface area contributed by atoms with Crippen molar-refractivity contribution >= 4 is 17.4 Å². The van der Waals surface area contributed by atoms with Crippen LogP contribution in [0.4, 0.5) is 0 Å². The molecular weight excluding hydrogens is 370 g/mol. The summed E-state index contributed by atoms with van der Waals surface area (Å²) in [6.07, 6.45) is -0.291. The second-order valence-electron chi connectivity index (χ2n) is 6.40. The summed E-state index contributed by atoms with van der Waals surface area (Å²) in [6.45, 7) is 2.04. The van der Waals surface area contributed by atoms with Gasteiger partial charge in [-0.3, -0.25) is 9.78 Å². The summed E-state index contributed by atoms with van der Waals surface area (Å²) in [7, 11) is 0. The Kier molecular flexibility index (Phi) is 6.44. The maximum absolute atomic E-state index is 11.8. The van der Waals surface area contributed by atoms with E-state index in [1.165, 1.54) is 0 Å². The molecule has 0 aliphatic carbocycles. The molecule has 1 aromatic heterocycles. The standard InChI is InChI=1S/C20H22ClNO5/c1-2-26-15-5-4-14(22-10-15)8-13-7-12(3-6-16(13)21)18-9-17(24)20(25)19(11-23)27-18/h3-7,10,17-19,23-24H,2,8-9,11H2,1H3. The Bertz CT molecular complexity index is 795. The average molecular weight is 392 g/mol. The topological polar surface area (TPSA) is 88.9 Å². The Morgan fingerprint density at radius 2 is 2.15 bits per heavy atom. The number of halogens is 1. The number of rotatable bonds is 6. The number of aliphatic hydroxyl groups is 2. The number of Topliss-reactive ketones (excluding diaryl/α,β-unsaturated/α-hetero) is 1. The first-order chi connectivity index (χ1) is 13.0. The van der Waals surface area contributed by atoms with Crippen molar-refractivity contribution in [2.45, 2.75) is 38.1 Å². The molecule has 1 aliphatic rings. The van der Waals surface area contributed by atoms with Gasteiger partial charge >= 0.3 is 0 Å². The fraction of sp³-hybridized carbons (Fsp3) is 0.400. The van der Waals surface area contributed by atoms with Gasteiger partial charge in [0.15, 0.2) is 5.78 Å². The Morgan fingerprint density at radius 1 is 1.33 bits per heavy atom. The SMILES string of the molecule is CCOc1ccc(Cc2cc(C3CC(O)C(=O)C(CO)O3)ccc2Cl)nc1. The number of hydrogen-bond donors (Lipinski definition) is 2. The van der Waals surface area contributed by atoms with Crippen LogP contribution in [0.3, 0.4) is 0 Å². The zero-order valence-electron chi connectivity index (χ0n) is 15.0. The molecule has 0 saturated carbocycles. The molecule has 144 valence electrons. The molecule has 2 aromatic rings. The van der Waals surface area contributed by atoms with E-state index in [4.69, 9.17) is 21.1 Å². The first kappa shape index (κ1) is 19.8. The van der Waals surface area contributed by atoms with E-state index >= 15 is 0 Å². The zero-order chi connectivity index (χ0) is 19.4. The number of nitrogens with zero attached hydrogens (tertiary/aromatic N) is 1. The van der Waals surface area contributed by atoms with Crippen molar-refractivity contribution in [2.75, 3.05) is 13.2 Å². The van der Waals surface area contributed by atoms with Gasteiger partial charge in [0.05, 0.1) is 25.5 Å². The van der Waals surface area contributed by atoms with Gasteiger partial charge in [-0.1, -0.05) is 23.7 Å². The molecule has 0 spiro atoms. The van der Waals surface area contributed by atoms with Crippen LogP contribution in [0.2, 0.25) is 5.02 Å². The number of carbonyl (C=O) groups is 1. The van der Waals surface area contributed by atoms with E-state index in [9.17, 15) is 15.0 Å². The van der Waals surface area contributed by atoms with Crippen molar-refractivity contribution in [2.24, 2.45) is 0 Å². The lowest BCUT2D eigenvalue weighted by Gasteiger charge is -2.31. The Labute approximate surface area is 162 Å². The first-order valence-corrected chi connectivity index (χ1v) is 9.23. The molecule has 0 bridgehead atoms. The fourth-order valence-corrected chi connectivity index (χ4v) is 3.28. The van der Waals surface area contributed by atoms with Gasteiger partial charge in [-0.15, -0.1) is 0 Å². The van der Waals surface area contributed by atoms with E-state index in [1.54, 1.807) is 18.3 Å². The van der Waals surface area contributed by atoms with Gasteiger partial charge < -0.3 is 19.7 Å². The molecule has 3 unspecified atom stereocenters. The lowest BCUT2D eigenvalue weighted by atomic mass is 9.93. The Hall–Kier alpha value is -1.99. The van der Waals surface area contributed by atoms with Crippen LogP contribution < -0.4 is 4.74 Å². The van der Waals surface area contributed by atoms with Crippen molar-refractivity contribution in [1.82, 2.24) is 4.98 Å². The molecule has 1 aliphatic heterocycles. The van der Waals surface area contributed by atoms with E-state index in [0.29, 0.717) is 23.8 Å². The fourth-order valence-electron chi connectivity index (χ4n) is 3.10. The third-order valence-electron chi connectivity index (χ3n) is 4.50. The Morgan fingerprint density at radius 3 is 2.81 bits per heavy atom. The molecule has 0 amide bonds. The van der Waals surface area contributed by atoms with E-state index in [2.05, 4.69) is 4.98 Å². The zero-order valence-corrected chi connectivity index (χ0v) is 15.7. The van der Waals surface area contributed by atoms with E-state index < -0.39 is 30.7 Å². The summed E-state index contributed by atoms with van der Waals surface area (Å²) in [5.74, 6) is 0.229. The molecule has 1 saturated heterocycles. The highest BCUT2D eigenvalue weighted by atomic mass is 35.5. The van der Waals surface area contributed by atoms with E-state index in [1.807, 2.05) is 25.1 Å². The van der Waals surface area contributed by atoms with Crippen LogP contribution in [0.5, 0.6) is 5.75 Å². The quantitative estimate of drug-likeness (QED) is 0.786. The molecule has 2 N–H and O–H groups in total. The highest BCUT2D eigenvalue weighted by Gasteiger charge is 2.36. The normalized spacial score (nSPS) is 22.7. The summed E-state index contributed by atoms with van der Waals surface area (Å²) < 4.78 is 11.1. The lowest BCUT2D eigenvalue weighted by Crippen LogP contribution is -2.43. The van der Waals surface area contributed by atoms with Gasteiger partial charge in [-0.25, -0.2) is 0 Å². The molecule has 0 radical (unpaired) electrons. The number of aromatic nitrogens is 1. The van der Waals surface area contributed by atoms with Gasteiger partial charge in [0, 0.05) is 23.6 Å². The summed E-state index contributed by atoms with van der Waals surface area (Å²) in [4.78, 5) is 16.2. The highest BCUT2D eigenvalue weighted by Crippen LogP contribution is 2.32. The van der Waals surface area contributed by atoms with Crippen LogP contribution in [-0.4, -0.2) is 46.4 Å². The molecule has 1 fully saturated rings. The van der Waals surface area contributed by atoms with Crippen LogP contribution in [0.15, 0.2) is 36.5 Å². The van der Waals surface area contributed by atoms with Crippen LogP contribution in [0, 0.1) is 0 Å². The molecular formula is C20H22ClNO5. The van der Waals surface area contributed by atoms with Crippen LogP contribution in [0.25, 0.3) is 0 Å². The van der Waals surface area contributed by atoms with Gasteiger partial charge in [0.1, 0.15) is 18.0 Å². The number of ether oxygens (including phenoxy) is 2. The summed E-state index contributed by atoms with van der Waals surface area (Å²) in [6, 6.07) is 9.21. The minimum absolute atomic E-state index is 0.151. The van der Waals surface area contributed by atoms with E-state index in [-0.39, 0.29) is 6.42 Å². The smallest absolute Gasteiger partial charge is 0.192 e. The van der Waals surface area contributed by atoms with Gasteiger partial charge in [0.25, 0.3) is 0 Å². The number of carbonyl (C=O) groups excluding carboxylic acids is 1. The monoisotopic (exact) mass is 391 g/mol. The summed E-state index contributed by atoms with van der Waals surface area (Å²) in [5, 5.41) is 19.9.